The molecule has 0 saturated carbocycles. The number of benzene rings is 1. The van der Waals surface area contributed by atoms with Gasteiger partial charge in [-0.3, -0.25) is 0 Å². The summed E-state index contributed by atoms with van der Waals surface area (Å²) in [6, 6.07) is 3.76. The summed E-state index contributed by atoms with van der Waals surface area (Å²) in [5, 5.41) is 14.4. The highest BCUT2D eigenvalue weighted by Crippen LogP contribution is 2.26. The molecule has 1 aromatic heterocycles. The molecule has 2 rings (SSSR count). The number of hydrogen-bond donors (Lipinski definition) is 1. The fraction of sp³-hybridized carbons (Fsp3) is 0.375. The summed E-state index contributed by atoms with van der Waals surface area (Å²) >= 11 is 1.59. The van der Waals surface area contributed by atoms with Crippen LogP contribution in [-0.4, -0.2) is 11.5 Å². The van der Waals surface area contributed by atoms with Gasteiger partial charge >= 0.3 is 0 Å². The smallest absolute Gasteiger partial charge is 0.150 e. The van der Waals surface area contributed by atoms with Gasteiger partial charge in [-0.15, -0.1) is 11.3 Å². The van der Waals surface area contributed by atoms with Gasteiger partial charge in [-0.1, -0.05) is 20.8 Å². The molecule has 1 aromatic carbocycles. The van der Waals surface area contributed by atoms with Gasteiger partial charge in [-0.05, 0) is 12.1 Å². The monoisotopic (exact) mass is 321 g/mol. The second-order valence-corrected chi connectivity index (χ2v) is 6.86. The highest BCUT2D eigenvalue weighted by molar-refractivity contribution is 7.09. The maximum absolute atomic E-state index is 13.7. The van der Waals surface area contributed by atoms with Crippen molar-refractivity contribution in [1.29, 1.82) is 5.26 Å². The van der Waals surface area contributed by atoms with Crippen LogP contribution in [0.25, 0.3) is 0 Å². The Hall–Kier alpha value is -2.00. The average molecular weight is 321 g/mol. The minimum absolute atomic E-state index is 0.00167. The van der Waals surface area contributed by atoms with Crippen LogP contribution in [0.5, 0.6) is 0 Å². The fourth-order valence-corrected chi connectivity index (χ4v) is 2.83. The predicted octanol–water partition coefficient (Wildman–Crippen LogP) is 4.25. The van der Waals surface area contributed by atoms with Gasteiger partial charge in [0.1, 0.15) is 5.69 Å². The van der Waals surface area contributed by atoms with Gasteiger partial charge in [0.05, 0.1) is 22.3 Å². The molecule has 22 heavy (non-hydrogen) atoms. The second-order valence-electron chi connectivity index (χ2n) is 6.00. The van der Waals surface area contributed by atoms with Crippen molar-refractivity contribution in [2.75, 3.05) is 11.9 Å². The number of aromatic nitrogens is 1. The predicted molar refractivity (Wildman–Crippen MR) is 84.1 cm³/mol. The van der Waals surface area contributed by atoms with Crippen LogP contribution in [0, 0.1) is 23.0 Å². The lowest BCUT2D eigenvalue weighted by Crippen LogP contribution is -2.12. The molecule has 0 amide bonds. The summed E-state index contributed by atoms with van der Waals surface area (Å²) in [4.78, 5) is 4.53. The maximum atomic E-state index is 13.7. The Kier molecular flexibility index (Phi) is 4.77. The number of hydrogen-bond acceptors (Lipinski definition) is 4. The zero-order valence-electron chi connectivity index (χ0n) is 12.7. The van der Waals surface area contributed by atoms with Crippen molar-refractivity contribution in [2.24, 2.45) is 0 Å². The lowest BCUT2D eigenvalue weighted by molar-refractivity contribution is 0.582. The lowest BCUT2D eigenvalue weighted by atomic mass is 9.98. The van der Waals surface area contributed by atoms with E-state index in [0.29, 0.717) is 13.0 Å². The van der Waals surface area contributed by atoms with Gasteiger partial charge < -0.3 is 5.32 Å². The van der Waals surface area contributed by atoms with Gasteiger partial charge in [-0.2, -0.15) is 5.26 Å². The van der Waals surface area contributed by atoms with E-state index in [1.165, 1.54) is 0 Å². The van der Waals surface area contributed by atoms with Crippen molar-refractivity contribution in [1.82, 2.24) is 4.98 Å². The van der Waals surface area contributed by atoms with E-state index in [4.69, 9.17) is 5.26 Å². The third kappa shape index (κ3) is 3.80. The standard InChI is InChI=1S/C16H17F2N3S/c1-16(2,3)15-21-11(9-22-15)4-5-20-14-12(17)6-10(8-19)7-13(14)18/h6-7,9,20H,4-5H2,1-3H3. The molecule has 1 N–H and O–H groups in total. The first-order valence-corrected chi connectivity index (χ1v) is 7.77. The molecule has 2 aromatic rings. The fourth-order valence-electron chi connectivity index (χ4n) is 1.89. The Morgan fingerprint density at radius 2 is 1.91 bits per heavy atom. The van der Waals surface area contributed by atoms with Crippen molar-refractivity contribution < 1.29 is 8.78 Å². The van der Waals surface area contributed by atoms with Gasteiger partial charge in [0.2, 0.25) is 0 Å². The molecule has 0 bridgehead atoms. The molecule has 0 fully saturated rings. The molecule has 0 saturated heterocycles. The Morgan fingerprint density at radius 3 is 2.41 bits per heavy atom. The zero-order valence-corrected chi connectivity index (χ0v) is 13.5. The van der Waals surface area contributed by atoms with Crippen molar-refractivity contribution in [3.05, 3.63) is 45.4 Å². The summed E-state index contributed by atoms with van der Waals surface area (Å²) in [6.07, 6.45) is 0.575. The molecular formula is C16H17F2N3S. The first-order chi connectivity index (χ1) is 10.3. The highest BCUT2D eigenvalue weighted by Gasteiger charge is 2.18. The molecule has 0 atom stereocenters. The van der Waals surface area contributed by atoms with Crippen LogP contribution in [0.15, 0.2) is 17.5 Å². The SMILES string of the molecule is CC(C)(C)c1nc(CCNc2c(F)cc(C#N)cc2F)cs1. The van der Waals surface area contributed by atoms with E-state index in [1.807, 2.05) is 5.38 Å². The maximum Gasteiger partial charge on any atom is 0.150 e. The molecule has 0 unspecified atom stereocenters. The van der Waals surface area contributed by atoms with Gasteiger partial charge in [0, 0.05) is 23.8 Å². The van der Waals surface area contributed by atoms with Crippen LogP contribution in [0.1, 0.15) is 37.0 Å². The topological polar surface area (TPSA) is 48.7 Å². The number of rotatable bonds is 4. The first-order valence-electron chi connectivity index (χ1n) is 6.89. The lowest BCUT2D eigenvalue weighted by Gasteiger charge is -2.13. The van der Waals surface area contributed by atoms with E-state index in [-0.39, 0.29) is 16.7 Å². The van der Waals surface area contributed by atoms with Crippen LogP contribution in [0.3, 0.4) is 0 Å². The average Bonchev–Trinajstić information content (AvgIpc) is 2.90. The van der Waals surface area contributed by atoms with Gasteiger partial charge in [0.15, 0.2) is 11.6 Å². The normalized spacial score (nSPS) is 11.3. The summed E-state index contributed by atoms with van der Waals surface area (Å²) in [7, 11) is 0. The molecule has 0 aliphatic rings. The zero-order chi connectivity index (χ0) is 16.3. The van der Waals surface area contributed by atoms with E-state index in [0.717, 1.165) is 22.8 Å². The second kappa shape index (κ2) is 6.41. The Morgan fingerprint density at radius 1 is 1.27 bits per heavy atom. The Labute approximate surface area is 132 Å². The molecular weight excluding hydrogens is 304 g/mol. The molecule has 0 radical (unpaired) electrons. The van der Waals surface area contributed by atoms with Crippen LogP contribution in [-0.2, 0) is 11.8 Å². The molecule has 0 aliphatic heterocycles. The molecule has 116 valence electrons. The number of nitriles is 1. The third-order valence-corrected chi connectivity index (χ3v) is 4.36. The molecule has 0 aliphatic carbocycles. The molecule has 6 heteroatoms. The minimum atomic E-state index is -0.759. The van der Waals surface area contributed by atoms with Crippen LogP contribution >= 0.6 is 11.3 Å². The van der Waals surface area contributed by atoms with Gasteiger partial charge in [0.25, 0.3) is 0 Å². The van der Waals surface area contributed by atoms with E-state index < -0.39 is 11.6 Å². The van der Waals surface area contributed by atoms with Crippen LogP contribution in [0.4, 0.5) is 14.5 Å². The molecule has 0 spiro atoms. The number of nitrogens with one attached hydrogen (secondary N) is 1. The summed E-state index contributed by atoms with van der Waals surface area (Å²) in [6.45, 7) is 6.65. The Balaban J connectivity index is 2.00. The number of halogens is 2. The van der Waals surface area contributed by atoms with Crippen molar-refractivity contribution in [3.8, 4) is 6.07 Å². The van der Waals surface area contributed by atoms with Crippen LogP contribution < -0.4 is 5.32 Å². The number of anilines is 1. The van der Waals surface area contributed by atoms with Gasteiger partial charge in [-0.25, -0.2) is 13.8 Å². The van der Waals surface area contributed by atoms with E-state index in [1.54, 1.807) is 17.4 Å². The van der Waals surface area contributed by atoms with Crippen molar-refractivity contribution in [2.45, 2.75) is 32.6 Å². The quantitative estimate of drug-likeness (QED) is 0.916. The summed E-state index contributed by atoms with van der Waals surface area (Å²) < 4.78 is 27.4. The number of thiazole rings is 1. The third-order valence-electron chi connectivity index (χ3n) is 3.05. The largest absolute Gasteiger partial charge is 0.380 e. The van der Waals surface area contributed by atoms with Crippen LogP contribution in [0.2, 0.25) is 0 Å². The number of nitrogens with zero attached hydrogens (tertiary/aromatic N) is 2. The first kappa shape index (κ1) is 16.4. The van der Waals surface area contributed by atoms with E-state index in [2.05, 4.69) is 31.1 Å². The Bertz CT molecular complexity index is 688. The molecule has 1 heterocycles. The molecule has 3 nitrogen and oxygen atoms in total. The highest BCUT2D eigenvalue weighted by atomic mass is 32.1. The van der Waals surface area contributed by atoms with E-state index in [9.17, 15) is 8.78 Å². The summed E-state index contributed by atoms with van der Waals surface area (Å²) in [5.74, 6) is -1.52. The summed E-state index contributed by atoms with van der Waals surface area (Å²) in [5.41, 5.74) is 0.666. The van der Waals surface area contributed by atoms with E-state index >= 15 is 0 Å². The van der Waals surface area contributed by atoms with Crippen molar-refractivity contribution in [3.63, 3.8) is 0 Å². The minimum Gasteiger partial charge on any atom is -0.380 e. The van der Waals surface area contributed by atoms with Crippen molar-refractivity contribution >= 4 is 17.0 Å².